The number of halogens is 2. The van der Waals surface area contributed by atoms with Gasteiger partial charge in [0.05, 0.1) is 11.3 Å². The van der Waals surface area contributed by atoms with E-state index in [1.807, 2.05) is 0 Å². The number of pyridine rings is 1. The van der Waals surface area contributed by atoms with E-state index in [2.05, 4.69) is 9.97 Å². The Bertz CT molecular complexity index is 906. The number of H-pyrrole nitrogens is 1. The zero-order valence-corrected chi connectivity index (χ0v) is 13.2. The molecule has 1 N–H and O–H groups in total. The number of Topliss-reactive ketones (excluding diaryl/α,β-unsaturated/α-hetero) is 1. The number of benzene rings is 1. The Morgan fingerprint density at radius 3 is 2.79 bits per heavy atom. The normalized spacial score (nSPS) is 10.6. The number of aromatic amines is 1. The molecule has 2 aromatic heterocycles. The van der Waals surface area contributed by atoms with Crippen LogP contribution in [-0.4, -0.2) is 21.5 Å². The van der Waals surface area contributed by atoms with Crippen LogP contribution in [0.3, 0.4) is 0 Å². The summed E-state index contributed by atoms with van der Waals surface area (Å²) in [6.07, 6.45) is 4.78. The van der Waals surface area contributed by atoms with Gasteiger partial charge in [0.15, 0.2) is 11.6 Å². The van der Waals surface area contributed by atoms with Crippen molar-refractivity contribution in [3.63, 3.8) is 0 Å². The van der Waals surface area contributed by atoms with Crippen molar-refractivity contribution in [2.24, 2.45) is 0 Å². The molecule has 0 saturated carbocycles. The summed E-state index contributed by atoms with van der Waals surface area (Å²) in [7, 11) is 0. The largest absolute Gasteiger partial charge is 0.358 e. The SMILES string of the molecule is O=C(Cc1cccnc1)c1cc(C(=O)c2cc(Cl)ccc2F)c[nH]1. The van der Waals surface area contributed by atoms with E-state index < -0.39 is 11.6 Å². The van der Waals surface area contributed by atoms with Gasteiger partial charge in [0.1, 0.15) is 5.82 Å². The molecule has 120 valence electrons. The molecule has 0 aliphatic carbocycles. The quantitative estimate of drug-likeness (QED) is 0.716. The van der Waals surface area contributed by atoms with Gasteiger partial charge >= 0.3 is 0 Å². The lowest BCUT2D eigenvalue weighted by Gasteiger charge is -2.01. The lowest BCUT2D eigenvalue weighted by Crippen LogP contribution is -2.05. The summed E-state index contributed by atoms with van der Waals surface area (Å²) in [5.41, 5.74) is 1.12. The molecule has 6 heteroatoms. The summed E-state index contributed by atoms with van der Waals surface area (Å²) < 4.78 is 13.8. The number of ketones is 2. The first-order chi connectivity index (χ1) is 11.5. The molecule has 0 amide bonds. The number of carbonyl (C=O) groups is 2. The van der Waals surface area contributed by atoms with Crippen LogP contribution in [0.4, 0.5) is 4.39 Å². The summed E-state index contributed by atoms with van der Waals surface area (Å²) in [5, 5.41) is 0.267. The van der Waals surface area contributed by atoms with Gasteiger partial charge in [-0.15, -0.1) is 0 Å². The van der Waals surface area contributed by atoms with Crippen molar-refractivity contribution in [1.82, 2.24) is 9.97 Å². The highest BCUT2D eigenvalue weighted by Crippen LogP contribution is 2.19. The third-order valence-corrected chi connectivity index (χ3v) is 3.74. The van der Waals surface area contributed by atoms with Gasteiger partial charge in [0.2, 0.25) is 0 Å². The van der Waals surface area contributed by atoms with Crippen LogP contribution < -0.4 is 0 Å². The molecule has 24 heavy (non-hydrogen) atoms. The van der Waals surface area contributed by atoms with Crippen LogP contribution in [0.15, 0.2) is 55.0 Å². The maximum atomic E-state index is 13.8. The molecule has 3 aromatic rings. The Labute approximate surface area is 142 Å². The van der Waals surface area contributed by atoms with Gasteiger partial charge in [0.25, 0.3) is 0 Å². The first kappa shape index (κ1) is 16.1. The number of aromatic nitrogens is 2. The molecular weight excluding hydrogens is 331 g/mol. The summed E-state index contributed by atoms with van der Waals surface area (Å²) >= 11 is 5.81. The van der Waals surface area contributed by atoms with Gasteiger partial charge in [-0.25, -0.2) is 4.39 Å². The van der Waals surface area contributed by atoms with E-state index in [0.29, 0.717) is 0 Å². The molecule has 2 heterocycles. The second kappa shape index (κ2) is 6.76. The number of rotatable bonds is 5. The molecule has 0 atom stereocenters. The van der Waals surface area contributed by atoms with E-state index in [0.717, 1.165) is 11.6 Å². The van der Waals surface area contributed by atoms with Crippen LogP contribution in [-0.2, 0) is 6.42 Å². The summed E-state index contributed by atoms with van der Waals surface area (Å²) in [5.74, 6) is -1.38. The Morgan fingerprint density at radius 1 is 1.21 bits per heavy atom. The average molecular weight is 343 g/mol. The summed E-state index contributed by atoms with van der Waals surface area (Å²) in [6, 6.07) is 8.73. The fourth-order valence-corrected chi connectivity index (χ4v) is 2.47. The van der Waals surface area contributed by atoms with Gasteiger partial charge in [-0.2, -0.15) is 0 Å². The minimum atomic E-state index is -0.658. The molecule has 0 unspecified atom stereocenters. The second-order valence-electron chi connectivity index (χ2n) is 5.22. The van der Waals surface area contributed by atoms with Crippen LogP contribution in [0.2, 0.25) is 5.02 Å². The number of nitrogens with zero attached hydrogens (tertiary/aromatic N) is 1. The van der Waals surface area contributed by atoms with E-state index in [1.165, 1.54) is 24.4 Å². The van der Waals surface area contributed by atoms with Crippen molar-refractivity contribution in [3.05, 3.63) is 88.2 Å². The maximum Gasteiger partial charge on any atom is 0.197 e. The van der Waals surface area contributed by atoms with E-state index in [9.17, 15) is 14.0 Å². The molecule has 0 aliphatic heterocycles. The molecule has 0 fully saturated rings. The van der Waals surface area contributed by atoms with Crippen molar-refractivity contribution in [2.75, 3.05) is 0 Å². The highest BCUT2D eigenvalue weighted by molar-refractivity contribution is 6.31. The standard InChI is InChI=1S/C18H12ClFN2O2/c19-13-3-4-15(20)14(8-13)18(24)12-7-16(22-10-12)17(23)6-11-2-1-5-21-9-11/h1-5,7-10,22H,6H2. The van der Waals surface area contributed by atoms with E-state index in [-0.39, 0.29) is 34.0 Å². The van der Waals surface area contributed by atoms with Crippen LogP contribution in [0.25, 0.3) is 0 Å². The van der Waals surface area contributed by atoms with Crippen molar-refractivity contribution in [2.45, 2.75) is 6.42 Å². The lowest BCUT2D eigenvalue weighted by molar-refractivity contribution is 0.0988. The molecule has 4 nitrogen and oxygen atoms in total. The Balaban J connectivity index is 1.81. The first-order valence-corrected chi connectivity index (χ1v) is 7.52. The second-order valence-corrected chi connectivity index (χ2v) is 5.65. The zero-order valence-electron chi connectivity index (χ0n) is 12.4. The first-order valence-electron chi connectivity index (χ1n) is 7.15. The van der Waals surface area contributed by atoms with Crippen LogP contribution in [0, 0.1) is 5.82 Å². The minimum Gasteiger partial charge on any atom is -0.358 e. The van der Waals surface area contributed by atoms with Crippen molar-refractivity contribution >= 4 is 23.2 Å². The van der Waals surface area contributed by atoms with Crippen LogP contribution in [0.5, 0.6) is 0 Å². The Kier molecular flexibility index (Phi) is 4.53. The maximum absolute atomic E-state index is 13.8. The van der Waals surface area contributed by atoms with Crippen molar-refractivity contribution < 1.29 is 14.0 Å². The van der Waals surface area contributed by atoms with Gasteiger partial charge in [0, 0.05) is 35.6 Å². The van der Waals surface area contributed by atoms with Gasteiger partial charge in [-0.1, -0.05) is 17.7 Å². The van der Waals surface area contributed by atoms with Crippen LogP contribution >= 0.6 is 11.6 Å². The van der Waals surface area contributed by atoms with Crippen molar-refractivity contribution in [1.29, 1.82) is 0 Å². The Morgan fingerprint density at radius 2 is 2.04 bits per heavy atom. The van der Waals surface area contributed by atoms with E-state index in [4.69, 9.17) is 11.6 Å². The molecule has 3 rings (SSSR count). The van der Waals surface area contributed by atoms with Crippen molar-refractivity contribution in [3.8, 4) is 0 Å². The summed E-state index contributed by atoms with van der Waals surface area (Å²) in [6.45, 7) is 0. The van der Waals surface area contributed by atoms with E-state index in [1.54, 1.807) is 24.5 Å². The zero-order chi connectivity index (χ0) is 17.1. The van der Waals surface area contributed by atoms with Crippen LogP contribution in [0.1, 0.15) is 32.0 Å². The van der Waals surface area contributed by atoms with Gasteiger partial charge in [-0.05, 0) is 35.9 Å². The molecule has 1 aromatic carbocycles. The molecule has 0 spiro atoms. The van der Waals surface area contributed by atoms with Gasteiger partial charge < -0.3 is 4.98 Å². The Hall–Kier alpha value is -2.79. The molecule has 0 bridgehead atoms. The summed E-state index contributed by atoms with van der Waals surface area (Å²) in [4.78, 5) is 31.3. The lowest BCUT2D eigenvalue weighted by atomic mass is 10.0. The van der Waals surface area contributed by atoms with Gasteiger partial charge in [-0.3, -0.25) is 14.6 Å². The molecule has 0 radical (unpaired) electrons. The number of hydrogen-bond acceptors (Lipinski definition) is 3. The third kappa shape index (κ3) is 3.41. The predicted octanol–water partition coefficient (Wildman–Crippen LogP) is 3.86. The average Bonchev–Trinajstić information content (AvgIpc) is 3.07. The minimum absolute atomic E-state index is 0.132. The molecule has 0 saturated heterocycles. The number of hydrogen-bond donors (Lipinski definition) is 1. The fourth-order valence-electron chi connectivity index (χ4n) is 2.30. The molecular formula is C18H12ClFN2O2. The monoisotopic (exact) mass is 342 g/mol. The highest BCUT2D eigenvalue weighted by Gasteiger charge is 2.18. The highest BCUT2D eigenvalue weighted by atomic mass is 35.5. The topological polar surface area (TPSA) is 62.8 Å². The smallest absolute Gasteiger partial charge is 0.197 e. The number of nitrogens with one attached hydrogen (secondary N) is 1. The molecule has 0 aliphatic rings. The third-order valence-electron chi connectivity index (χ3n) is 3.51. The van der Waals surface area contributed by atoms with E-state index >= 15 is 0 Å². The number of carbonyl (C=O) groups excluding carboxylic acids is 2. The predicted molar refractivity (Wildman–Crippen MR) is 87.9 cm³/mol. The fraction of sp³-hybridized carbons (Fsp3) is 0.0556.